The SMILES string of the molecule is Cn1ccc(OCc2ccc(F)cc2)cc1=O. The molecule has 4 heteroatoms. The molecule has 0 radical (unpaired) electrons. The molecule has 2 aromatic rings. The van der Waals surface area contributed by atoms with Gasteiger partial charge in [-0.1, -0.05) is 12.1 Å². The summed E-state index contributed by atoms with van der Waals surface area (Å²) in [5, 5.41) is 0. The smallest absolute Gasteiger partial charge is 0.253 e. The predicted octanol–water partition coefficient (Wildman–Crippen LogP) is 2.10. The second-order valence-electron chi connectivity index (χ2n) is 3.73. The molecule has 0 saturated carbocycles. The number of aryl methyl sites for hydroxylation is 1. The van der Waals surface area contributed by atoms with Crippen molar-refractivity contribution >= 4 is 0 Å². The Labute approximate surface area is 98.1 Å². The van der Waals surface area contributed by atoms with Crippen LogP contribution in [-0.4, -0.2) is 4.57 Å². The van der Waals surface area contributed by atoms with E-state index in [1.54, 1.807) is 31.4 Å². The molecular weight excluding hydrogens is 221 g/mol. The summed E-state index contributed by atoms with van der Waals surface area (Å²) in [7, 11) is 1.67. The van der Waals surface area contributed by atoms with Crippen LogP contribution in [0.4, 0.5) is 4.39 Å². The Bertz CT molecular complexity index is 560. The van der Waals surface area contributed by atoms with Crippen molar-refractivity contribution in [1.29, 1.82) is 0 Å². The number of hydrogen-bond acceptors (Lipinski definition) is 2. The van der Waals surface area contributed by atoms with Crippen LogP contribution in [0.5, 0.6) is 5.75 Å². The van der Waals surface area contributed by atoms with E-state index in [-0.39, 0.29) is 11.4 Å². The molecule has 0 N–H and O–H groups in total. The van der Waals surface area contributed by atoms with Crippen molar-refractivity contribution in [1.82, 2.24) is 4.57 Å². The average Bonchev–Trinajstić information content (AvgIpc) is 2.33. The van der Waals surface area contributed by atoms with Gasteiger partial charge in [-0.05, 0) is 23.8 Å². The molecule has 0 aliphatic heterocycles. The maximum Gasteiger partial charge on any atom is 0.253 e. The van der Waals surface area contributed by atoms with Crippen molar-refractivity contribution in [3.8, 4) is 5.75 Å². The van der Waals surface area contributed by atoms with Gasteiger partial charge in [-0.2, -0.15) is 0 Å². The molecule has 0 aliphatic carbocycles. The van der Waals surface area contributed by atoms with E-state index in [1.165, 1.54) is 22.8 Å². The number of aromatic nitrogens is 1. The Hall–Kier alpha value is -2.10. The molecule has 0 amide bonds. The summed E-state index contributed by atoms with van der Waals surface area (Å²) >= 11 is 0. The van der Waals surface area contributed by atoms with Gasteiger partial charge in [-0.25, -0.2) is 4.39 Å². The lowest BCUT2D eigenvalue weighted by molar-refractivity contribution is 0.305. The number of pyridine rings is 1. The standard InChI is InChI=1S/C13H12FNO2/c1-15-7-6-12(8-13(15)16)17-9-10-2-4-11(14)5-3-10/h2-8H,9H2,1H3. The molecule has 0 fully saturated rings. The van der Waals surface area contributed by atoms with E-state index >= 15 is 0 Å². The first-order chi connectivity index (χ1) is 8.15. The minimum absolute atomic E-state index is 0.124. The first-order valence-corrected chi connectivity index (χ1v) is 5.19. The molecule has 0 aliphatic rings. The summed E-state index contributed by atoms with van der Waals surface area (Å²) in [4.78, 5) is 11.3. The van der Waals surface area contributed by atoms with Gasteiger partial charge in [0.1, 0.15) is 18.2 Å². The molecule has 0 atom stereocenters. The molecule has 0 spiro atoms. The molecule has 0 saturated heterocycles. The van der Waals surface area contributed by atoms with Gasteiger partial charge in [0.15, 0.2) is 0 Å². The summed E-state index contributed by atoms with van der Waals surface area (Å²) < 4.78 is 19.6. The lowest BCUT2D eigenvalue weighted by Gasteiger charge is -2.06. The molecular formula is C13H12FNO2. The van der Waals surface area contributed by atoms with Gasteiger partial charge in [-0.3, -0.25) is 4.79 Å². The third kappa shape index (κ3) is 2.93. The van der Waals surface area contributed by atoms with Gasteiger partial charge < -0.3 is 9.30 Å². The summed E-state index contributed by atoms with van der Waals surface area (Å²) in [6, 6.07) is 9.19. The van der Waals surface area contributed by atoms with Crippen molar-refractivity contribution < 1.29 is 9.13 Å². The Kier molecular flexibility index (Phi) is 3.23. The molecule has 1 heterocycles. The fourth-order valence-corrected chi connectivity index (χ4v) is 1.37. The Morgan fingerprint density at radius 2 is 1.94 bits per heavy atom. The van der Waals surface area contributed by atoms with Crippen LogP contribution in [0.1, 0.15) is 5.56 Å². The van der Waals surface area contributed by atoms with E-state index in [0.717, 1.165) is 5.56 Å². The van der Waals surface area contributed by atoms with E-state index in [9.17, 15) is 9.18 Å². The van der Waals surface area contributed by atoms with Crippen LogP contribution in [0.25, 0.3) is 0 Å². The summed E-state index contributed by atoms with van der Waals surface area (Å²) in [6.45, 7) is 0.313. The van der Waals surface area contributed by atoms with Crippen LogP contribution < -0.4 is 10.3 Å². The van der Waals surface area contributed by atoms with Crippen molar-refractivity contribution in [3.05, 3.63) is 64.3 Å². The molecule has 1 aromatic carbocycles. The normalized spacial score (nSPS) is 10.2. The first kappa shape index (κ1) is 11.4. The van der Waals surface area contributed by atoms with Crippen molar-refractivity contribution in [2.75, 3.05) is 0 Å². The quantitative estimate of drug-likeness (QED) is 0.813. The maximum absolute atomic E-state index is 12.7. The highest BCUT2D eigenvalue weighted by Gasteiger charge is 1.98. The van der Waals surface area contributed by atoms with Crippen LogP contribution in [0.2, 0.25) is 0 Å². The lowest BCUT2D eigenvalue weighted by Crippen LogP contribution is -2.14. The molecule has 88 valence electrons. The van der Waals surface area contributed by atoms with Crippen LogP contribution >= 0.6 is 0 Å². The highest BCUT2D eigenvalue weighted by atomic mass is 19.1. The Balaban J connectivity index is 2.04. The van der Waals surface area contributed by atoms with E-state index < -0.39 is 0 Å². The molecule has 2 rings (SSSR count). The molecule has 3 nitrogen and oxygen atoms in total. The summed E-state index contributed by atoms with van der Waals surface area (Å²) in [5.74, 6) is 0.236. The monoisotopic (exact) mass is 233 g/mol. The maximum atomic E-state index is 12.7. The molecule has 1 aromatic heterocycles. The summed E-state index contributed by atoms with van der Waals surface area (Å²) in [5.41, 5.74) is 0.730. The first-order valence-electron chi connectivity index (χ1n) is 5.19. The van der Waals surface area contributed by atoms with Gasteiger partial charge in [0.2, 0.25) is 0 Å². The number of rotatable bonds is 3. The Morgan fingerprint density at radius 1 is 1.24 bits per heavy atom. The fourth-order valence-electron chi connectivity index (χ4n) is 1.37. The topological polar surface area (TPSA) is 31.2 Å². The van der Waals surface area contributed by atoms with Crippen LogP contribution in [0, 0.1) is 5.82 Å². The average molecular weight is 233 g/mol. The van der Waals surface area contributed by atoms with Crippen molar-refractivity contribution in [2.45, 2.75) is 6.61 Å². The number of ether oxygens (including phenoxy) is 1. The lowest BCUT2D eigenvalue weighted by atomic mass is 10.2. The van der Waals surface area contributed by atoms with Gasteiger partial charge >= 0.3 is 0 Å². The minimum atomic E-state index is -0.276. The van der Waals surface area contributed by atoms with Crippen molar-refractivity contribution in [3.63, 3.8) is 0 Å². The highest BCUT2D eigenvalue weighted by Crippen LogP contribution is 2.10. The number of halogens is 1. The molecule has 17 heavy (non-hydrogen) atoms. The number of nitrogens with zero attached hydrogens (tertiary/aromatic N) is 1. The number of benzene rings is 1. The minimum Gasteiger partial charge on any atom is -0.489 e. The van der Waals surface area contributed by atoms with E-state index in [1.807, 2.05) is 0 Å². The number of hydrogen-bond donors (Lipinski definition) is 0. The highest BCUT2D eigenvalue weighted by molar-refractivity contribution is 5.20. The van der Waals surface area contributed by atoms with Gasteiger partial charge in [0.05, 0.1) is 0 Å². The largest absolute Gasteiger partial charge is 0.489 e. The summed E-state index contributed by atoms with van der Waals surface area (Å²) in [6.07, 6.45) is 1.64. The van der Waals surface area contributed by atoms with Crippen molar-refractivity contribution in [2.24, 2.45) is 7.05 Å². The van der Waals surface area contributed by atoms with E-state index in [0.29, 0.717) is 12.4 Å². The van der Waals surface area contributed by atoms with Gasteiger partial charge in [-0.15, -0.1) is 0 Å². The third-order valence-corrected chi connectivity index (χ3v) is 2.39. The van der Waals surface area contributed by atoms with E-state index in [2.05, 4.69) is 0 Å². The van der Waals surface area contributed by atoms with Crippen LogP contribution in [-0.2, 0) is 13.7 Å². The second kappa shape index (κ2) is 4.82. The Morgan fingerprint density at radius 3 is 2.59 bits per heavy atom. The second-order valence-corrected chi connectivity index (χ2v) is 3.73. The molecule has 0 bridgehead atoms. The van der Waals surface area contributed by atoms with E-state index in [4.69, 9.17) is 4.74 Å². The fraction of sp³-hybridized carbons (Fsp3) is 0.154. The zero-order chi connectivity index (χ0) is 12.3. The van der Waals surface area contributed by atoms with Gasteiger partial charge in [0, 0.05) is 19.3 Å². The predicted molar refractivity (Wildman–Crippen MR) is 62.4 cm³/mol. The third-order valence-electron chi connectivity index (χ3n) is 2.39. The van der Waals surface area contributed by atoms with Gasteiger partial charge in [0.25, 0.3) is 5.56 Å². The molecule has 0 unspecified atom stereocenters. The van der Waals surface area contributed by atoms with Crippen LogP contribution in [0.15, 0.2) is 47.4 Å². The van der Waals surface area contributed by atoms with Crippen LogP contribution in [0.3, 0.4) is 0 Å². The zero-order valence-electron chi connectivity index (χ0n) is 9.39. The zero-order valence-corrected chi connectivity index (χ0v) is 9.39.